The Kier molecular flexibility index (Phi) is 7.55. The zero-order valence-electron chi connectivity index (χ0n) is 16.3. The zero-order valence-corrected chi connectivity index (χ0v) is 17.9. The maximum Gasteiger partial charge on any atom is 0.220 e. The molecule has 152 valence electrons. The van der Waals surface area contributed by atoms with Gasteiger partial charge in [0.25, 0.3) is 0 Å². The maximum atomic E-state index is 12.4. The summed E-state index contributed by atoms with van der Waals surface area (Å²) >= 11 is 1.56. The summed E-state index contributed by atoms with van der Waals surface area (Å²) < 4.78 is 31.8. The molecular weight excluding hydrogens is 388 g/mol. The number of sulfonamides is 1. The van der Waals surface area contributed by atoms with Gasteiger partial charge in [-0.15, -0.1) is 11.3 Å². The molecule has 7 nitrogen and oxygen atoms in total. The van der Waals surface area contributed by atoms with E-state index >= 15 is 0 Å². The van der Waals surface area contributed by atoms with Gasteiger partial charge in [0.05, 0.1) is 18.0 Å². The largest absolute Gasteiger partial charge is 0.373 e. The number of carbonyl (C=O) groups excluding carboxylic acids is 2. The van der Waals surface area contributed by atoms with Crippen LogP contribution in [0, 0.1) is 13.8 Å². The number of carbonyl (C=O) groups is 2. The van der Waals surface area contributed by atoms with Crippen LogP contribution in [0.25, 0.3) is 0 Å². The fourth-order valence-electron chi connectivity index (χ4n) is 3.16. The van der Waals surface area contributed by atoms with Crippen LogP contribution in [0.15, 0.2) is 6.07 Å². The van der Waals surface area contributed by atoms with Crippen molar-refractivity contribution in [2.75, 3.05) is 25.4 Å². The van der Waals surface area contributed by atoms with E-state index in [4.69, 9.17) is 4.74 Å². The Morgan fingerprint density at radius 3 is 2.41 bits per heavy atom. The molecular formula is C18H28N2O5S2. The first-order chi connectivity index (χ1) is 12.6. The first-order valence-electron chi connectivity index (χ1n) is 9.08. The van der Waals surface area contributed by atoms with Gasteiger partial charge in [0, 0.05) is 47.8 Å². The van der Waals surface area contributed by atoms with Crippen LogP contribution in [0.3, 0.4) is 0 Å². The number of ether oxygens (including phenoxy) is 1. The average Bonchev–Trinajstić information content (AvgIpc) is 2.90. The van der Waals surface area contributed by atoms with Crippen molar-refractivity contribution in [3.05, 3.63) is 21.4 Å². The summed E-state index contributed by atoms with van der Waals surface area (Å²) in [5, 5.41) is 2.60. The summed E-state index contributed by atoms with van der Waals surface area (Å²) in [6.45, 7) is 8.21. The third kappa shape index (κ3) is 6.38. The second-order valence-corrected chi connectivity index (χ2v) is 10.5. The van der Waals surface area contributed by atoms with Crippen LogP contribution in [-0.2, 0) is 19.6 Å². The number of amides is 1. The molecule has 27 heavy (non-hydrogen) atoms. The van der Waals surface area contributed by atoms with Crippen LogP contribution in [0.4, 0.5) is 0 Å². The van der Waals surface area contributed by atoms with Gasteiger partial charge in [0.2, 0.25) is 15.9 Å². The lowest BCUT2D eigenvalue weighted by atomic mass is 10.1. The van der Waals surface area contributed by atoms with Gasteiger partial charge < -0.3 is 10.1 Å². The van der Waals surface area contributed by atoms with Gasteiger partial charge in [0.1, 0.15) is 0 Å². The van der Waals surface area contributed by atoms with E-state index in [2.05, 4.69) is 5.32 Å². The van der Waals surface area contributed by atoms with Gasteiger partial charge in [-0.2, -0.15) is 4.31 Å². The minimum atomic E-state index is -3.45. The molecule has 1 fully saturated rings. The van der Waals surface area contributed by atoms with Crippen molar-refractivity contribution >= 4 is 33.1 Å². The second kappa shape index (κ2) is 9.27. The molecule has 1 aliphatic rings. The predicted octanol–water partition coefficient (Wildman–Crippen LogP) is 1.88. The van der Waals surface area contributed by atoms with Gasteiger partial charge in [0.15, 0.2) is 5.78 Å². The molecule has 1 aliphatic heterocycles. The third-order valence-corrected chi connectivity index (χ3v) is 7.15. The Bertz CT molecular complexity index is 778. The van der Waals surface area contributed by atoms with E-state index in [9.17, 15) is 18.0 Å². The molecule has 1 N–H and O–H groups in total. The maximum absolute atomic E-state index is 12.4. The number of hydrogen-bond donors (Lipinski definition) is 1. The standard InChI is InChI=1S/C18H28N2O5S2/c1-12-10-20(11-13(2)25-12)27(23,24)8-7-19-18(22)6-5-17(21)16-9-14(3)26-15(16)4/h9,12-13H,5-8,10-11H2,1-4H3,(H,19,22)/t12-,13-/m1/s1. The summed E-state index contributed by atoms with van der Waals surface area (Å²) in [6, 6.07) is 1.84. The van der Waals surface area contributed by atoms with Crippen molar-refractivity contribution in [1.82, 2.24) is 9.62 Å². The number of nitrogens with zero attached hydrogens (tertiary/aromatic N) is 1. The highest BCUT2D eigenvalue weighted by atomic mass is 32.2. The minimum Gasteiger partial charge on any atom is -0.373 e. The summed E-state index contributed by atoms with van der Waals surface area (Å²) in [4.78, 5) is 26.2. The summed E-state index contributed by atoms with van der Waals surface area (Å²) in [7, 11) is -3.45. The second-order valence-electron chi connectivity index (χ2n) is 6.99. The summed E-state index contributed by atoms with van der Waals surface area (Å²) in [5.74, 6) is -0.530. The van der Waals surface area contributed by atoms with E-state index in [0.717, 1.165) is 9.75 Å². The fourth-order valence-corrected chi connectivity index (χ4v) is 5.60. The Hall–Kier alpha value is -1.29. The average molecular weight is 417 g/mol. The molecule has 1 saturated heterocycles. The molecule has 0 bridgehead atoms. The molecule has 0 aromatic carbocycles. The van der Waals surface area contributed by atoms with Gasteiger partial charge in [-0.1, -0.05) is 0 Å². The van der Waals surface area contributed by atoms with Crippen molar-refractivity contribution in [2.24, 2.45) is 0 Å². The summed E-state index contributed by atoms with van der Waals surface area (Å²) in [5.41, 5.74) is 0.670. The van der Waals surface area contributed by atoms with Crippen molar-refractivity contribution in [3.8, 4) is 0 Å². The van der Waals surface area contributed by atoms with E-state index in [-0.39, 0.29) is 49.0 Å². The van der Waals surface area contributed by atoms with E-state index in [1.165, 1.54) is 4.31 Å². The van der Waals surface area contributed by atoms with Gasteiger partial charge in [-0.3, -0.25) is 9.59 Å². The van der Waals surface area contributed by atoms with Crippen molar-refractivity contribution < 1.29 is 22.7 Å². The molecule has 0 unspecified atom stereocenters. The molecule has 0 radical (unpaired) electrons. The Morgan fingerprint density at radius 1 is 1.22 bits per heavy atom. The Morgan fingerprint density at radius 2 is 1.85 bits per heavy atom. The lowest BCUT2D eigenvalue weighted by Crippen LogP contribution is -2.49. The molecule has 0 aliphatic carbocycles. The molecule has 2 heterocycles. The van der Waals surface area contributed by atoms with Gasteiger partial charge in [-0.25, -0.2) is 8.42 Å². The highest BCUT2D eigenvalue weighted by Crippen LogP contribution is 2.22. The first-order valence-corrected chi connectivity index (χ1v) is 11.5. The quantitative estimate of drug-likeness (QED) is 0.653. The van der Waals surface area contributed by atoms with E-state index in [1.807, 2.05) is 33.8 Å². The third-order valence-electron chi connectivity index (χ3n) is 4.38. The van der Waals surface area contributed by atoms with E-state index in [0.29, 0.717) is 18.7 Å². The van der Waals surface area contributed by atoms with Crippen LogP contribution in [0.5, 0.6) is 0 Å². The lowest BCUT2D eigenvalue weighted by molar-refractivity contribution is -0.120. The normalized spacial score (nSPS) is 21.2. The monoisotopic (exact) mass is 416 g/mol. The minimum absolute atomic E-state index is 0.0338. The predicted molar refractivity (Wildman–Crippen MR) is 106 cm³/mol. The van der Waals surface area contributed by atoms with Crippen LogP contribution < -0.4 is 5.32 Å². The number of ketones is 1. The number of hydrogen-bond acceptors (Lipinski definition) is 6. The molecule has 1 amide bonds. The lowest BCUT2D eigenvalue weighted by Gasteiger charge is -2.34. The number of morpholine rings is 1. The van der Waals surface area contributed by atoms with E-state index in [1.54, 1.807) is 11.3 Å². The highest BCUT2D eigenvalue weighted by molar-refractivity contribution is 7.89. The van der Waals surface area contributed by atoms with E-state index < -0.39 is 10.0 Å². The number of Topliss-reactive ketones (excluding diaryl/α,β-unsaturated/α-hetero) is 1. The van der Waals surface area contributed by atoms with Gasteiger partial charge in [-0.05, 0) is 33.8 Å². The SMILES string of the molecule is Cc1cc(C(=O)CCC(=O)NCCS(=O)(=O)N2C[C@@H](C)O[C@H](C)C2)c(C)s1. The number of rotatable bonds is 8. The Balaban J connectivity index is 1.75. The van der Waals surface area contributed by atoms with Crippen LogP contribution in [0.2, 0.25) is 0 Å². The topological polar surface area (TPSA) is 92.8 Å². The van der Waals surface area contributed by atoms with Crippen molar-refractivity contribution in [2.45, 2.75) is 52.7 Å². The number of nitrogens with one attached hydrogen (secondary N) is 1. The number of aryl methyl sites for hydroxylation is 2. The number of thiophene rings is 1. The fraction of sp³-hybridized carbons (Fsp3) is 0.667. The molecule has 0 spiro atoms. The molecule has 2 atom stereocenters. The van der Waals surface area contributed by atoms with Crippen LogP contribution in [0.1, 0.15) is 46.8 Å². The molecule has 1 aromatic heterocycles. The molecule has 1 aromatic rings. The zero-order chi connectivity index (χ0) is 20.2. The van der Waals surface area contributed by atoms with Crippen LogP contribution >= 0.6 is 11.3 Å². The van der Waals surface area contributed by atoms with Crippen molar-refractivity contribution in [1.29, 1.82) is 0 Å². The smallest absolute Gasteiger partial charge is 0.220 e. The first kappa shape index (κ1) is 22.0. The Labute approximate surface area is 165 Å². The van der Waals surface area contributed by atoms with Crippen molar-refractivity contribution in [3.63, 3.8) is 0 Å². The molecule has 0 saturated carbocycles. The van der Waals surface area contributed by atoms with Crippen LogP contribution in [-0.4, -0.2) is 62.0 Å². The highest BCUT2D eigenvalue weighted by Gasteiger charge is 2.30. The summed E-state index contributed by atoms with van der Waals surface area (Å²) in [6.07, 6.45) is -0.117. The molecule has 2 rings (SSSR count). The van der Waals surface area contributed by atoms with Gasteiger partial charge >= 0.3 is 0 Å². The molecule has 9 heteroatoms.